The predicted molar refractivity (Wildman–Crippen MR) is 148 cm³/mol. The summed E-state index contributed by atoms with van der Waals surface area (Å²) in [5.74, 6) is -2.20. The molecule has 0 aromatic heterocycles. The highest BCUT2D eigenvalue weighted by Crippen LogP contribution is 2.30. The van der Waals surface area contributed by atoms with Crippen LogP contribution in [0.15, 0.2) is 30.4 Å². The SMILES string of the molecule is CC(C)(C)C(=O)OCc1ccc(OCCOCCNC(=O)CCN2C(=O)C=CC2=O)cc1OC1CC(O)CC(C(=O)O)O1. The average molecular weight is 607 g/mol. The molecule has 3 unspecified atom stereocenters. The largest absolute Gasteiger partial charge is 0.491 e. The van der Waals surface area contributed by atoms with Crippen molar-refractivity contribution in [2.75, 3.05) is 32.9 Å². The maximum absolute atomic E-state index is 12.3. The summed E-state index contributed by atoms with van der Waals surface area (Å²) >= 11 is 0. The van der Waals surface area contributed by atoms with Crippen molar-refractivity contribution in [2.24, 2.45) is 5.41 Å². The highest BCUT2D eigenvalue weighted by molar-refractivity contribution is 6.13. The monoisotopic (exact) mass is 606 g/mol. The number of carboxylic acid groups (broad SMARTS) is 1. The molecule has 14 nitrogen and oxygen atoms in total. The molecule has 3 amide bonds. The van der Waals surface area contributed by atoms with Crippen LogP contribution in [0.3, 0.4) is 0 Å². The van der Waals surface area contributed by atoms with E-state index in [4.69, 9.17) is 23.7 Å². The molecule has 0 saturated carbocycles. The van der Waals surface area contributed by atoms with E-state index in [1.807, 2.05) is 0 Å². The van der Waals surface area contributed by atoms with Crippen LogP contribution in [-0.2, 0) is 44.8 Å². The summed E-state index contributed by atoms with van der Waals surface area (Å²) in [4.78, 5) is 59.7. The van der Waals surface area contributed by atoms with E-state index in [1.54, 1.807) is 39.0 Å². The van der Waals surface area contributed by atoms with E-state index in [-0.39, 0.29) is 70.4 Å². The third-order valence-electron chi connectivity index (χ3n) is 6.34. The zero-order chi connectivity index (χ0) is 31.6. The van der Waals surface area contributed by atoms with Gasteiger partial charge in [0.1, 0.15) is 24.7 Å². The number of carbonyl (C=O) groups excluding carboxylic acids is 4. The Balaban J connectivity index is 1.47. The highest BCUT2D eigenvalue weighted by atomic mass is 16.7. The van der Waals surface area contributed by atoms with Gasteiger partial charge in [-0.1, -0.05) is 0 Å². The molecular weight excluding hydrogens is 568 g/mol. The molecule has 0 spiro atoms. The standard InChI is InChI=1S/C29H38N2O12/c1-29(2,3)28(38)41-17-18-4-5-20(16-21(18)42-26-15-19(32)14-22(43-26)27(36)37)40-13-12-39-11-9-30-23(33)8-10-31-24(34)6-7-25(31)35/h4-7,16,19,22,26,32H,8-15,17H2,1-3H3,(H,30,33)(H,36,37). The fourth-order valence-corrected chi connectivity index (χ4v) is 3.99. The van der Waals surface area contributed by atoms with E-state index >= 15 is 0 Å². The number of rotatable bonds is 15. The zero-order valence-electron chi connectivity index (χ0n) is 24.4. The average Bonchev–Trinajstić information content (AvgIpc) is 3.26. The smallest absolute Gasteiger partial charge is 0.333 e. The molecule has 236 valence electrons. The van der Waals surface area contributed by atoms with Crippen molar-refractivity contribution in [3.63, 3.8) is 0 Å². The van der Waals surface area contributed by atoms with Crippen LogP contribution in [-0.4, -0.2) is 96.2 Å². The third kappa shape index (κ3) is 10.6. The molecule has 0 aliphatic carbocycles. The van der Waals surface area contributed by atoms with Gasteiger partial charge in [0.15, 0.2) is 6.10 Å². The van der Waals surface area contributed by atoms with Crippen LogP contribution in [0.4, 0.5) is 0 Å². The van der Waals surface area contributed by atoms with Crippen molar-refractivity contribution < 1.29 is 57.9 Å². The molecule has 0 radical (unpaired) electrons. The van der Waals surface area contributed by atoms with Gasteiger partial charge in [-0.05, 0) is 32.9 Å². The topological polar surface area (TPSA) is 187 Å². The van der Waals surface area contributed by atoms with Crippen molar-refractivity contribution in [3.8, 4) is 11.5 Å². The molecule has 1 aromatic rings. The molecule has 0 bridgehead atoms. The number of esters is 1. The summed E-state index contributed by atoms with van der Waals surface area (Å²) in [6.45, 7) is 5.84. The summed E-state index contributed by atoms with van der Waals surface area (Å²) in [5, 5.41) is 22.1. The van der Waals surface area contributed by atoms with Crippen molar-refractivity contribution in [3.05, 3.63) is 35.9 Å². The predicted octanol–water partition coefficient (Wildman–Crippen LogP) is 0.932. The summed E-state index contributed by atoms with van der Waals surface area (Å²) in [6.07, 6.45) is -0.912. The van der Waals surface area contributed by atoms with Crippen LogP contribution in [0, 0.1) is 5.41 Å². The Morgan fingerprint density at radius 2 is 1.79 bits per heavy atom. The molecular formula is C29H38N2O12. The van der Waals surface area contributed by atoms with Gasteiger partial charge in [-0.25, -0.2) is 4.79 Å². The summed E-state index contributed by atoms with van der Waals surface area (Å²) in [6, 6.07) is 4.84. The second-order valence-electron chi connectivity index (χ2n) is 11.0. The van der Waals surface area contributed by atoms with Gasteiger partial charge in [0.05, 0.1) is 24.7 Å². The molecule has 43 heavy (non-hydrogen) atoms. The first-order valence-corrected chi connectivity index (χ1v) is 13.9. The van der Waals surface area contributed by atoms with Gasteiger partial charge in [-0.3, -0.25) is 24.1 Å². The first-order valence-electron chi connectivity index (χ1n) is 13.9. The minimum atomic E-state index is -1.23. The van der Waals surface area contributed by atoms with Crippen molar-refractivity contribution in [1.82, 2.24) is 10.2 Å². The number of ether oxygens (including phenoxy) is 5. The highest BCUT2D eigenvalue weighted by Gasteiger charge is 2.34. The van der Waals surface area contributed by atoms with Gasteiger partial charge in [-0.15, -0.1) is 0 Å². The Kier molecular flexibility index (Phi) is 12.0. The molecule has 1 fully saturated rings. The molecule has 3 atom stereocenters. The van der Waals surface area contributed by atoms with Crippen LogP contribution in [0.2, 0.25) is 0 Å². The maximum atomic E-state index is 12.3. The van der Waals surface area contributed by atoms with Crippen LogP contribution in [0.25, 0.3) is 0 Å². The van der Waals surface area contributed by atoms with Gasteiger partial charge in [0.2, 0.25) is 12.2 Å². The number of carboxylic acids is 1. The van der Waals surface area contributed by atoms with Crippen molar-refractivity contribution >= 4 is 29.7 Å². The number of nitrogens with one attached hydrogen (secondary N) is 1. The molecule has 1 saturated heterocycles. The Labute approximate surface area is 248 Å². The molecule has 2 aliphatic rings. The van der Waals surface area contributed by atoms with Crippen LogP contribution in [0.5, 0.6) is 11.5 Å². The number of hydrogen-bond acceptors (Lipinski definition) is 11. The number of nitrogens with zero attached hydrogens (tertiary/aromatic N) is 1. The number of hydrogen-bond donors (Lipinski definition) is 3. The van der Waals surface area contributed by atoms with Crippen molar-refractivity contribution in [2.45, 2.75) is 65.1 Å². The van der Waals surface area contributed by atoms with Crippen LogP contribution in [0.1, 0.15) is 45.6 Å². The first kappa shape index (κ1) is 33.5. The van der Waals surface area contributed by atoms with E-state index in [2.05, 4.69) is 5.32 Å². The first-order chi connectivity index (χ1) is 20.3. The minimum absolute atomic E-state index is 0.00229. The second-order valence-corrected chi connectivity index (χ2v) is 11.0. The van der Waals surface area contributed by atoms with Crippen LogP contribution < -0.4 is 14.8 Å². The molecule has 14 heteroatoms. The van der Waals surface area contributed by atoms with E-state index in [1.165, 1.54) is 0 Å². The Morgan fingerprint density at radius 3 is 2.47 bits per heavy atom. The molecule has 3 rings (SSSR count). The molecule has 3 N–H and O–H groups in total. The molecule has 1 aromatic carbocycles. The number of aliphatic hydroxyl groups excluding tert-OH is 1. The molecule has 2 heterocycles. The fourth-order valence-electron chi connectivity index (χ4n) is 3.99. The lowest BCUT2D eigenvalue weighted by atomic mass is 9.97. The lowest BCUT2D eigenvalue weighted by molar-refractivity contribution is -0.195. The lowest BCUT2D eigenvalue weighted by Gasteiger charge is -2.31. The van der Waals surface area contributed by atoms with Crippen molar-refractivity contribution in [1.29, 1.82) is 0 Å². The second kappa shape index (κ2) is 15.5. The van der Waals surface area contributed by atoms with Gasteiger partial charge in [0.25, 0.3) is 11.8 Å². The van der Waals surface area contributed by atoms with E-state index in [0.717, 1.165) is 17.1 Å². The van der Waals surface area contributed by atoms with Gasteiger partial charge in [0, 0.05) is 56.1 Å². The van der Waals surface area contributed by atoms with Gasteiger partial charge < -0.3 is 39.2 Å². The Hall–Kier alpha value is -4.01. The number of benzene rings is 1. The van der Waals surface area contributed by atoms with Gasteiger partial charge >= 0.3 is 11.9 Å². The Bertz CT molecular complexity index is 1190. The summed E-state index contributed by atoms with van der Waals surface area (Å²) in [5.41, 5.74) is -0.230. The fraction of sp³-hybridized carbons (Fsp3) is 0.552. The quantitative estimate of drug-likeness (QED) is 0.146. The summed E-state index contributed by atoms with van der Waals surface area (Å²) < 4.78 is 28.0. The molecule has 2 aliphatic heterocycles. The number of aliphatic carboxylic acids is 1. The summed E-state index contributed by atoms with van der Waals surface area (Å²) in [7, 11) is 0. The van der Waals surface area contributed by atoms with Crippen LogP contribution >= 0.6 is 0 Å². The van der Waals surface area contributed by atoms with Gasteiger partial charge in [-0.2, -0.15) is 0 Å². The maximum Gasteiger partial charge on any atom is 0.333 e. The van der Waals surface area contributed by atoms with E-state index in [0.29, 0.717) is 11.3 Å². The third-order valence-corrected chi connectivity index (χ3v) is 6.34. The zero-order valence-corrected chi connectivity index (χ0v) is 24.4. The Morgan fingerprint density at radius 1 is 1.07 bits per heavy atom. The van der Waals surface area contributed by atoms with E-state index < -0.39 is 47.7 Å². The van der Waals surface area contributed by atoms with E-state index in [9.17, 15) is 34.2 Å². The number of aliphatic hydroxyl groups is 1. The normalized spacial score (nSPS) is 20.2. The minimum Gasteiger partial charge on any atom is -0.491 e. The number of imide groups is 1. The number of amides is 3. The number of carbonyl (C=O) groups is 5. The lowest BCUT2D eigenvalue weighted by Crippen LogP contribution is -2.42.